The lowest BCUT2D eigenvalue weighted by atomic mass is 9.89. The molecule has 0 saturated heterocycles. The molecule has 5 heteroatoms. The van der Waals surface area contributed by atoms with Crippen LogP contribution in [0.3, 0.4) is 0 Å². The molecule has 5 nitrogen and oxygen atoms in total. The van der Waals surface area contributed by atoms with Gasteiger partial charge in [-0.25, -0.2) is 0 Å². The van der Waals surface area contributed by atoms with Crippen molar-refractivity contribution in [3.8, 4) is 5.75 Å². The Morgan fingerprint density at radius 3 is 2.70 bits per heavy atom. The van der Waals surface area contributed by atoms with Gasteiger partial charge in [0.15, 0.2) is 5.75 Å². The van der Waals surface area contributed by atoms with Gasteiger partial charge in [0.1, 0.15) is 0 Å². The Labute approximate surface area is 118 Å². The highest BCUT2D eigenvalue weighted by Gasteiger charge is 2.21. The van der Waals surface area contributed by atoms with Gasteiger partial charge in [-0.2, -0.15) is 0 Å². The summed E-state index contributed by atoms with van der Waals surface area (Å²) in [6.07, 6.45) is 5.28. The lowest BCUT2D eigenvalue weighted by molar-refractivity contribution is -0.126. The summed E-state index contributed by atoms with van der Waals surface area (Å²) < 4.78 is 1.73. The van der Waals surface area contributed by atoms with Gasteiger partial charge in [-0.1, -0.05) is 19.3 Å². The Morgan fingerprint density at radius 1 is 1.40 bits per heavy atom. The van der Waals surface area contributed by atoms with Gasteiger partial charge in [-0.3, -0.25) is 9.59 Å². The molecule has 0 aliphatic heterocycles. The minimum absolute atomic E-state index is 0.0260. The summed E-state index contributed by atoms with van der Waals surface area (Å²) >= 11 is 0. The number of pyridine rings is 1. The van der Waals surface area contributed by atoms with Gasteiger partial charge in [0.05, 0.1) is 12.2 Å². The van der Waals surface area contributed by atoms with Gasteiger partial charge >= 0.3 is 0 Å². The average molecular weight is 278 g/mol. The third-order valence-electron chi connectivity index (χ3n) is 4.19. The van der Waals surface area contributed by atoms with E-state index in [2.05, 4.69) is 5.32 Å². The number of amides is 1. The lowest BCUT2D eigenvalue weighted by Crippen LogP contribution is -2.32. The van der Waals surface area contributed by atoms with E-state index in [9.17, 15) is 14.7 Å². The van der Waals surface area contributed by atoms with Crippen LogP contribution in [0.2, 0.25) is 0 Å². The highest BCUT2D eigenvalue weighted by Crippen LogP contribution is 2.23. The maximum absolute atomic E-state index is 12.1. The summed E-state index contributed by atoms with van der Waals surface area (Å²) in [6.45, 7) is 1.99. The summed E-state index contributed by atoms with van der Waals surface area (Å²) in [6, 6.07) is 1.39. The topological polar surface area (TPSA) is 71.3 Å². The van der Waals surface area contributed by atoms with Gasteiger partial charge in [-0.05, 0) is 19.8 Å². The van der Waals surface area contributed by atoms with Crippen LogP contribution < -0.4 is 10.7 Å². The maximum Gasteiger partial charge on any atom is 0.223 e. The standard InChI is InChI=1S/C15H22N2O3/c1-10-8-13(18)14(19)12(17(10)2)9-16-15(20)11-6-4-3-5-7-11/h8,11,19H,3-7,9H2,1-2H3,(H,16,20). The van der Waals surface area contributed by atoms with E-state index in [0.717, 1.165) is 31.4 Å². The van der Waals surface area contributed by atoms with E-state index in [4.69, 9.17) is 0 Å². The number of nitrogens with one attached hydrogen (secondary N) is 1. The Kier molecular flexibility index (Phi) is 4.47. The van der Waals surface area contributed by atoms with E-state index in [-0.39, 0.29) is 24.1 Å². The SMILES string of the molecule is Cc1cc(=O)c(O)c(CNC(=O)C2CCCCC2)n1C. The zero-order chi connectivity index (χ0) is 14.7. The molecule has 0 radical (unpaired) electrons. The minimum Gasteiger partial charge on any atom is -0.503 e. The first-order valence-electron chi connectivity index (χ1n) is 7.17. The van der Waals surface area contributed by atoms with Crippen LogP contribution in [0.4, 0.5) is 0 Å². The molecule has 1 aromatic heterocycles. The Morgan fingerprint density at radius 2 is 2.05 bits per heavy atom. The molecular formula is C15H22N2O3. The number of carbonyl (C=O) groups excluding carboxylic acids is 1. The van der Waals surface area contributed by atoms with Crippen LogP contribution in [0.15, 0.2) is 10.9 Å². The highest BCUT2D eigenvalue weighted by molar-refractivity contribution is 5.78. The average Bonchev–Trinajstić information content (AvgIpc) is 2.46. The van der Waals surface area contributed by atoms with Crippen LogP contribution in [-0.4, -0.2) is 15.6 Å². The number of hydrogen-bond acceptors (Lipinski definition) is 3. The molecule has 0 spiro atoms. The van der Waals surface area contributed by atoms with Crippen molar-refractivity contribution in [1.29, 1.82) is 0 Å². The quantitative estimate of drug-likeness (QED) is 0.882. The summed E-state index contributed by atoms with van der Waals surface area (Å²) in [5.41, 5.74) is 0.816. The van der Waals surface area contributed by atoms with Crippen molar-refractivity contribution < 1.29 is 9.90 Å². The molecule has 20 heavy (non-hydrogen) atoms. The number of aryl methyl sites for hydroxylation is 1. The fraction of sp³-hybridized carbons (Fsp3) is 0.600. The predicted octanol–water partition coefficient (Wildman–Crippen LogP) is 1.60. The van der Waals surface area contributed by atoms with Crippen molar-refractivity contribution in [3.05, 3.63) is 27.7 Å². The number of aromatic hydroxyl groups is 1. The second kappa shape index (κ2) is 6.11. The highest BCUT2D eigenvalue weighted by atomic mass is 16.3. The van der Waals surface area contributed by atoms with Gasteiger partial charge in [-0.15, -0.1) is 0 Å². The first-order valence-corrected chi connectivity index (χ1v) is 7.17. The Hall–Kier alpha value is -1.78. The fourth-order valence-electron chi connectivity index (χ4n) is 2.75. The summed E-state index contributed by atoms with van der Waals surface area (Å²) in [7, 11) is 1.77. The number of carbonyl (C=O) groups is 1. The largest absolute Gasteiger partial charge is 0.503 e. The normalized spacial score (nSPS) is 16.1. The fourth-order valence-corrected chi connectivity index (χ4v) is 2.75. The van der Waals surface area contributed by atoms with E-state index in [1.54, 1.807) is 18.5 Å². The van der Waals surface area contributed by atoms with Crippen molar-refractivity contribution in [2.24, 2.45) is 13.0 Å². The van der Waals surface area contributed by atoms with Crippen LogP contribution in [0.25, 0.3) is 0 Å². The number of nitrogens with zero attached hydrogens (tertiary/aromatic N) is 1. The predicted molar refractivity (Wildman–Crippen MR) is 76.5 cm³/mol. The summed E-state index contributed by atoms with van der Waals surface area (Å²) in [4.78, 5) is 23.7. The zero-order valence-corrected chi connectivity index (χ0v) is 12.1. The van der Waals surface area contributed by atoms with Crippen molar-refractivity contribution in [3.63, 3.8) is 0 Å². The molecule has 1 aliphatic carbocycles. The zero-order valence-electron chi connectivity index (χ0n) is 12.1. The Balaban J connectivity index is 2.07. The first kappa shape index (κ1) is 14.6. The third kappa shape index (κ3) is 3.03. The lowest BCUT2D eigenvalue weighted by Gasteiger charge is -2.21. The molecule has 0 aromatic carbocycles. The molecule has 0 unspecified atom stereocenters. The van der Waals surface area contributed by atoms with Crippen molar-refractivity contribution in [2.75, 3.05) is 0 Å². The van der Waals surface area contributed by atoms with Crippen LogP contribution in [0.1, 0.15) is 43.5 Å². The van der Waals surface area contributed by atoms with E-state index in [1.165, 1.54) is 12.5 Å². The molecule has 1 heterocycles. The Bertz CT molecular complexity index is 557. The number of aromatic nitrogens is 1. The number of hydrogen-bond donors (Lipinski definition) is 2. The molecule has 0 bridgehead atoms. The number of rotatable bonds is 3. The van der Waals surface area contributed by atoms with Crippen LogP contribution in [-0.2, 0) is 18.4 Å². The van der Waals surface area contributed by atoms with Crippen molar-refractivity contribution >= 4 is 5.91 Å². The van der Waals surface area contributed by atoms with E-state index in [0.29, 0.717) is 5.69 Å². The van der Waals surface area contributed by atoms with Crippen LogP contribution in [0, 0.1) is 12.8 Å². The van der Waals surface area contributed by atoms with Crippen molar-refractivity contribution in [2.45, 2.75) is 45.6 Å². The van der Waals surface area contributed by atoms with Crippen LogP contribution in [0.5, 0.6) is 5.75 Å². The molecule has 110 valence electrons. The monoisotopic (exact) mass is 278 g/mol. The van der Waals surface area contributed by atoms with Gasteiger partial charge in [0, 0.05) is 24.7 Å². The first-order chi connectivity index (χ1) is 9.50. The summed E-state index contributed by atoms with van der Waals surface area (Å²) in [5, 5.41) is 12.7. The van der Waals surface area contributed by atoms with E-state index < -0.39 is 5.43 Å². The minimum atomic E-state index is -0.400. The molecule has 0 atom stereocenters. The van der Waals surface area contributed by atoms with E-state index in [1.807, 2.05) is 0 Å². The second-order valence-electron chi connectivity index (χ2n) is 5.56. The van der Waals surface area contributed by atoms with E-state index >= 15 is 0 Å². The maximum atomic E-state index is 12.1. The summed E-state index contributed by atoms with van der Waals surface area (Å²) in [5.74, 6) is -0.173. The molecule has 2 N–H and O–H groups in total. The smallest absolute Gasteiger partial charge is 0.223 e. The molecule has 2 rings (SSSR count). The van der Waals surface area contributed by atoms with Gasteiger partial charge in [0.25, 0.3) is 0 Å². The second-order valence-corrected chi connectivity index (χ2v) is 5.56. The molecule has 1 aliphatic rings. The van der Waals surface area contributed by atoms with Gasteiger partial charge in [0.2, 0.25) is 11.3 Å². The molecule has 1 fully saturated rings. The van der Waals surface area contributed by atoms with Crippen LogP contribution >= 0.6 is 0 Å². The molecule has 1 aromatic rings. The van der Waals surface area contributed by atoms with Gasteiger partial charge < -0.3 is 15.0 Å². The third-order valence-corrected chi connectivity index (χ3v) is 4.19. The molecular weight excluding hydrogens is 256 g/mol. The molecule has 1 saturated carbocycles. The van der Waals surface area contributed by atoms with Crippen molar-refractivity contribution in [1.82, 2.24) is 9.88 Å². The molecule has 1 amide bonds.